The van der Waals surface area contributed by atoms with Gasteiger partial charge in [-0.05, 0) is 0 Å². The van der Waals surface area contributed by atoms with Gasteiger partial charge in [0.25, 0.3) is 0 Å². The number of rotatable bonds is 12. The molecule has 2 unspecified atom stereocenters. The van der Waals surface area contributed by atoms with Crippen molar-refractivity contribution >= 4 is 23.8 Å². The molecule has 31 heavy (non-hydrogen) atoms. The summed E-state index contributed by atoms with van der Waals surface area (Å²) in [7, 11) is 0. The number of carbonyl (C=O) groups excluding carboxylic acids is 4. The van der Waals surface area contributed by atoms with Crippen molar-refractivity contribution in [1.82, 2.24) is 10.6 Å². The van der Waals surface area contributed by atoms with Crippen LogP contribution in [0, 0.1) is 10.8 Å². The summed E-state index contributed by atoms with van der Waals surface area (Å²) in [6, 6.07) is 0. The first kappa shape index (κ1) is 33.9. The summed E-state index contributed by atoms with van der Waals surface area (Å²) >= 11 is 0. The van der Waals surface area contributed by atoms with Crippen molar-refractivity contribution in [1.29, 1.82) is 0 Å². The predicted octanol–water partition coefficient (Wildman–Crippen LogP) is -4.76. The Hall–Kier alpha value is -1.77. The first-order valence-electron chi connectivity index (χ1n) is 9.15. The standard InChI is InChI=1S/2C9H17NO5.Co/c2*1-9(2,5-11)7(14)8(15)10-4-3-6(12)13;/h2*7,11,14H,3-5H2,1-2H3,(H,10,15)(H,12,13);/q;;+2/p-2. The first-order chi connectivity index (χ1) is 13.6. The first-order valence-corrected chi connectivity index (χ1v) is 9.15. The molecule has 13 heteroatoms. The number of amides is 2. The summed E-state index contributed by atoms with van der Waals surface area (Å²) in [5.41, 5.74) is -1.91. The van der Waals surface area contributed by atoms with Crippen LogP contribution in [0.1, 0.15) is 40.5 Å². The molecular weight excluding hydrogens is 463 g/mol. The van der Waals surface area contributed by atoms with Crippen LogP contribution in [0.3, 0.4) is 0 Å². The van der Waals surface area contributed by atoms with Gasteiger partial charge in [0.1, 0.15) is 12.2 Å². The maximum absolute atomic E-state index is 11.2. The fraction of sp³-hybridized carbons (Fsp3) is 0.778. The van der Waals surface area contributed by atoms with E-state index in [4.69, 9.17) is 10.2 Å². The van der Waals surface area contributed by atoms with Crippen molar-refractivity contribution < 1.29 is 66.6 Å². The molecule has 1 radical (unpaired) electrons. The molecule has 2 atom stereocenters. The third-order valence-corrected chi connectivity index (χ3v) is 4.05. The van der Waals surface area contributed by atoms with Gasteiger partial charge in [0.2, 0.25) is 11.8 Å². The maximum Gasteiger partial charge on any atom is 2.00 e. The topological polar surface area (TPSA) is 219 Å². The summed E-state index contributed by atoms with van der Waals surface area (Å²) in [6.45, 7) is 5.21. The molecule has 0 rings (SSSR count). The van der Waals surface area contributed by atoms with Gasteiger partial charge in [-0.1, -0.05) is 27.7 Å². The van der Waals surface area contributed by atoms with E-state index in [1.165, 1.54) is 27.7 Å². The minimum atomic E-state index is -1.37. The second-order valence-electron chi connectivity index (χ2n) is 7.92. The van der Waals surface area contributed by atoms with Crippen LogP contribution in [0.25, 0.3) is 0 Å². The van der Waals surface area contributed by atoms with Crippen molar-refractivity contribution in [3.63, 3.8) is 0 Å². The Bertz CT molecular complexity index is 534. The average Bonchev–Trinajstić information content (AvgIpc) is 2.66. The van der Waals surface area contributed by atoms with Crippen LogP contribution >= 0.6 is 0 Å². The van der Waals surface area contributed by atoms with E-state index in [2.05, 4.69) is 10.6 Å². The Morgan fingerprint density at radius 1 is 0.742 bits per heavy atom. The molecule has 0 saturated heterocycles. The molecule has 0 aromatic rings. The average molecular weight is 495 g/mol. The number of aliphatic hydroxyl groups excluding tert-OH is 4. The van der Waals surface area contributed by atoms with E-state index < -0.39 is 46.8 Å². The van der Waals surface area contributed by atoms with Crippen LogP contribution < -0.4 is 20.8 Å². The van der Waals surface area contributed by atoms with E-state index in [9.17, 15) is 39.6 Å². The molecule has 0 aliphatic rings. The quantitative estimate of drug-likeness (QED) is 0.152. The molecule has 0 aromatic carbocycles. The van der Waals surface area contributed by atoms with Gasteiger partial charge in [-0.25, -0.2) is 0 Å². The molecule has 0 bridgehead atoms. The summed E-state index contributed by atoms with van der Waals surface area (Å²) in [5, 5.41) is 61.3. The molecule has 6 N–H and O–H groups in total. The summed E-state index contributed by atoms with van der Waals surface area (Å²) < 4.78 is 0. The SMILES string of the molecule is CC(C)(CO)C(O)C(=O)NCCC(=O)[O-].CC(C)(CO)C(O)C(=O)NCCC(=O)[O-].[Co+2]. The van der Waals surface area contributed by atoms with Crippen LogP contribution in [-0.4, -0.2) is 82.7 Å². The van der Waals surface area contributed by atoms with Crippen molar-refractivity contribution in [2.75, 3.05) is 26.3 Å². The molecule has 0 aromatic heterocycles. The zero-order valence-corrected chi connectivity index (χ0v) is 19.0. The molecule has 2 amide bonds. The largest absolute Gasteiger partial charge is 2.00 e. The minimum Gasteiger partial charge on any atom is -0.550 e. The van der Waals surface area contributed by atoms with Crippen molar-refractivity contribution in [2.24, 2.45) is 10.8 Å². The number of carboxylic acids is 2. The molecule has 0 aliphatic carbocycles. The zero-order valence-electron chi connectivity index (χ0n) is 18.0. The Morgan fingerprint density at radius 2 is 1.00 bits per heavy atom. The Labute approximate surface area is 191 Å². The van der Waals surface area contributed by atoms with Crippen molar-refractivity contribution in [2.45, 2.75) is 52.7 Å². The molecule has 0 spiro atoms. The number of aliphatic carboxylic acids is 2. The second-order valence-corrected chi connectivity index (χ2v) is 7.92. The summed E-state index contributed by atoms with van der Waals surface area (Å²) in [6.07, 6.45) is -3.36. The van der Waals surface area contributed by atoms with E-state index in [1.54, 1.807) is 0 Å². The van der Waals surface area contributed by atoms with Gasteiger partial charge in [0, 0.05) is 48.7 Å². The number of hydrogen-bond donors (Lipinski definition) is 6. The second kappa shape index (κ2) is 15.9. The van der Waals surface area contributed by atoms with Gasteiger partial charge in [-0.3, -0.25) is 9.59 Å². The molecule has 0 aliphatic heterocycles. The molecular formula is C18H32CoN2O10. The van der Waals surface area contributed by atoms with Crippen LogP contribution in [0.2, 0.25) is 0 Å². The van der Waals surface area contributed by atoms with Gasteiger partial charge >= 0.3 is 16.8 Å². The van der Waals surface area contributed by atoms with Gasteiger partial charge in [0.05, 0.1) is 13.2 Å². The Balaban J connectivity index is -0.000000490. The third-order valence-electron chi connectivity index (χ3n) is 4.05. The van der Waals surface area contributed by atoms with Crippen molar-refractivity contribution in [3.8, 4) is 0 Å². The fourth-order valence-electron chi connectivity index (χ4n) is 1.65. The monoisotopic (exact) mass is 495 g/mol. The van der Waals surface area contributed by atoms with Gasteiger partial charge in [0.15, 0.2) is 0 Å². The van der Waals surface area contributed by atoms with E-state index >= 15 is 0 Å². The Morgan fingerprint density at radius 3 is 1.19 bits per heavy atom. The molecule has 0 fully saturated rings. The van der Waals surface area contributed by atoms with Crippen LogP contribution in [0.5, 0.6) is 0 Å². The van der Waals surface area contributed by atoms with Crippen LogP contribution in [0.15, 0.2) is 0 Å². The van der Waals surface area contributed by atoms with E-state index in [1.807, 2.05) is 0 Å². The number of nitrogens with one attached hydrogen (secondary N) is 2. The molecule has 12 nitrogen and oxygen atoms in total. The smallest absolute Gasteiger partial charge is 0.550 e. The maximum atomic E-state index is 11.2. The number of hydrogen-bond acceptors (Lipinski definition) is 10. The number of carbonyl (C=O) groups is 4. The number of carboxylic acid groups (broad SMARTS) is 2. The minimum absolute atomic E-state index is 0. The fourth-order valence-corrected chi connectivity index (χ4v) is 1.65. The van der Waals surface area contributed by atoms with Crippen LogP contribution in [0.4, 0.5) is 0 Å². The van der Waals surface area contributed by atoms with Crippen molar-refractivity contribution in [3.05, 3.63) is 0 Å². The number of aliphatic hydroxyl groups is 4. The Kier molecular flexibility index (Phi) is 17.4. The van der Waals surface area contributed by atoms with Gasteiger partial charge < -0.3 is 50.9 Å². The molecule has 0 saturated carbocycles. The van der Waals surface area contributed by atoms with E-state index in [0.29, 0.717) is 0 Å². The van der Waals surface area contributed by atoms with Gasteiger partial charge in [-0.15, -0.1) is 0 Å². The molecule has 0 heterocycles. The molecule has 183 valence electrons. The van der Waals surface area contributed by atoms with E-state index in [-0.39, 0.29) is 55.9 Å². The normalized spacial score (nSPS) is 12.9. The summed E-state index contributed by atoms with van der Waals surface area (Å²) in [5.74, 6) is -3.94. The van der Waals surface area contributed by atoms with Gasteiger partial charge in [-0.2, -0.15) is 0 Å². The predicted molar refractivity (Wildman–Crippen MR) is 99.0 cm³/mol. The van der Waals surface area contributed by atoms with Crippen LogP contribution in [-0.2, 0) is 36.0 Å². The zero-order chi connectivity index (χ0) is 24.1. The van der Waals surface area contributed by atoms with E-state index in [0.717, 1.165) is 0 Å². The third kappa shape index (κ3) is 14.8. The summed E-state index contributed by atoms with van der Waals surface area (Å²) in [4.78, 5) is 42.6.